The Labute approximate surface area is 402 Å². The number of aliphatic hydroxyl groups excluding tert-OH is 2. The minimum absolute atomic E-state index is 0.0173. The third kappa shape index (κ3) is 12.0. The zero-order valence-electron chi connectivity index (χ0n) is 40.1. The fraction of sp³-hybridized carbons (Fsp3) is 0.370. The number of nitrogens with zero attached hydrogens (tertiary/aromatic N) is 1. The summed E-state index contributed by atoms with van der Waals surface area (Å²) < 4.78 is 25.7. The zero-order chi connectivity index (χ0) is 50.2. The number of imide groups is 1. The summed E-state index contributed by atoms with van der Waals surface area (Å²) in [6.45, 7) is 14.4. The van der Waals surface area contributed by atoms with Crippen LogP contribution in [-0.2, 0) is 42.9 Å². The van der Waals surface area contributed by atoms with Gasteiger partial charge in [0.25, 0.3) is 11.7 Å². The van der Waals surface area contributed by atoms with Crippen LogP contribution in [0, 0.1) is 11.8 Å². The summed E-state index contributed by atoms with van der Waals surface area (Å²) in [4.78, 5) is 73.3. The molecule has 2 heterocycles. The van der Waals surface area contributed by atoms with E-state index in [2.05, 4.69) is 22.2 Å². The second-order valence-corrected chi connectivity index (χ2v) is 18.2. The number of rotatable bonds is 11. The van der Waals surface area contributed by atoms with Crippen LogP contribution in [0.4, 0.5) is 9.59 Å². The summed E-state index contributed by atoms with van der Waals surface area (Å²) in [6, 6.07) is 30.4. The van der Waals surface area contributed by atoms with Crippen molar-refractivity contribution in [1.82, 2.24) is 10.2 Å². The van der Waals surface area contributed by atoms with E-state index in [4.69, 9.17) is 18.9 Å². The van der Waals surface area contributed by atoms with E-state index in [1.807, 2.05) is 113 Å². The Balaban J connectivity index is 0.000000206. The van der Waals surface area contributed by atoms with Gasteiger partial charge in [-0.3, -0.25) is 9.59 Å². The van der Waals surface area contributed by atoms with Gasteiger partial charge >= 0.3 is 30.1 Å². The van der Waals surface area contributed by atoms with E-state index in [0.717, 1.165) is 55.5 Å². The highest BCUT2D eigenvalue weighted by atomic mass is 16.7. The van der Waals surface area contributed by atoms with Gasteiger partial charge in [-0.15, -0.1) is 0 Å². The van der Waals surface area contributed by atoms with E-state index in [-0.39, 0.29) is 55.0 Å². The Morgan fingerprint density at radius 1 is 0.696 bits per heavy atom. The molecule has 0 unspecified atom stereocenters. The van der Waals surface area contributed by atoms with Crippen LogP contribution in [0.2, 0.25) is 0 Å². The standard InChI is InChI=1S/C27H29NO7.C23H23NO4.C4H8O2/c1-15(2)13-21(23(29)22-24(30)34-27(3,4)35-25(22)31)28-26(32)33-14-20-18-11-7-5-9-16(18)17-10-6-8-12-19(17)20;1-14(2)11-20-21(25)12-22(26)24(20)23(27)28-13-19-17-9-5-3-7-15(17)16-8-4-6-10-18(16)19;1-3-6-4(2)5/h5-12,15,20-21,29H,13-14H2,1-4H3,(H,28,32);3-10,12,14,19-20,25H,11,13H2,1-2H3;3H2,1-2H3/t21-;20-;/m00./s1. The van der Waals surface area contributed by atoms with Crippen molar-refractivity contribution in [2.45, 2.75) is 97.9 Å². The minimum Gasteiger partial charge on any atom is -0.510 e. The van der Waals surface area contributed by atoms with Crippen LogP contribution in [0.5, 0.6) is 0 Å². The number of carbonyl (C=O) groups excluding carboxylic acids is 6. The highest BCUT2D eigenvalue weighted by Gasteiger charge is 2.43. The third-order valence-corrected chi connectivity index (χ3v) is 11.8. The van der Waals surface area contributed by atoms with E-state index < -0.39 is 59.2 Å². The molecule has 1 saturated heterocycles. The molecule has 0 radical (unpaired) electrons. The van der Waals surface area contributed by atoms with Crippen molar-refractivity contribution in [3.8, 4) is 22.3 Å². The van der Waals surface area contributed by atoms with Crippen molar-refractivity contribution >= 4 is 36.0 Å². The van der Waals surface area contributed by atoms with Gasteiger partial charge in [-0.05, 0) is 76.1 Å². The molecule has 2 aliphatic heterocycles. The minimum atomic E-state index is -1.44. The number of esters is 3. The second-order valence-electron chi connectivity index (χ2n) is 18.2. The van der Waals surface area contributed by atoms with E-state index in [1.54, 1.807) is 6.92 Å². The Hall–Kier alpha value is -7.42. The first-order valence-corrected chi connectivity index (χ1v) is 23.0. The summed E-state index contributed by atoms with van der Waals surface area (Å²) in [5, 5.41) is 23.4. The number of nitrogens with one attached hydrogen (secondary N) is 1. The molecule has 69 heavy (non-hydrogen) atoms. The molecule has 364 valence electrons. The fourth-order valence-corrected chi connectivity index (χ4v) is 8.86. The number of benzene rings is 4. The van der Waals surface area contributed by atoms with Gasteiger partial charge in [-0.2, -0.15) is 0 Å². The van der Waals surface area contributed by atoms with Gasteiger partial charge in [-0.1, -0.05) is 125 Å². The average molecular weight is 945 g/mol. The quantitative estimate of drug-likeness (QED) is 0.0422. The molecule has 4 aromatic rings. The predicted molar refractivity (Wildman–Crippen MR) is 256 cm³/mol. The first-order valence-electron chi connectivity index (χ1n) is 23.0. The van der Waals surface area contributed by atoms with E-state index in [9.17, 15) is 39.0 Å². The molecule has 4 aliphatic rings. The number of cyclic esters (lactones) is 2. The maximum Gasteiger partial charge on any atom is 0.417 e. The van der Waals surface area contributed by atoms with Gasteiger partial charge in [0.15, 0.2) is 5.57 Å². The monoisotopic (exact) mass is 944 g/mol. The lowest BCUT2D eigenvalue weighted by atomic mass is 9.98. The predicted octanol–water partition coefficient (Wildman–Crippen LogP) is 9.79. The van der Waals surface area contributed by atoms with Gasteiger partial charge in [0.2, 0.25) is 0 Å². The van der Waals surface area contributed by atoms with Gasteiger partial charge in [0.1, 0.15) is 30.8 Å². The average Bonchev–Trinajstić information content (AvgIpc) is 3.89. The number of alkyl carbamates (subject to hydrolysis) is 1. The molecular formula is C54H60N2O13. The zero-order valence-corrected chi connectivity index (χ0v) is 40.1. The summed E-state index contributed by atoms with van der Waals surface area (Å²) in [5.41, 5.74) is 8.24. The van der Waals surface area contributed by atoms with Crippen LogP contribution in [0.1, 0.15) is 102 Å². The number of aliphatic hydroxyl groups is 2. The Bertz CT molecular complexity index is 2530. The van der Waals surface area contributed by atoms with Crippen LogP contribution < -0.4 is 5.32 Å². The van der Waals surface area contributed by atoms with Crippen LogP contribution in [0.15, 0.2) is 120 Å². The maximum atomic E-state index is 12.8. The van der Waals surface area contributed by atoms with Gasteiger partial charge in [0.05, 0.1) is 12.6 Å². The SMILES string of the molecule is CC(C)C[C@H](NC(=O)OCC1c2ccccc2-c2ccccc21)C(O)=C1C(=O)OC(C)(C)OC1=O.CC(C)C[C@H]1C(O)=CC(=O)N1C(=O)OCC1c2ccccc2-c2ccccc21.CCOC(C)=O. The molecule has 4 aromatic carbocycles. The van der Waals surface area contributed by atoms with Crippen molar-refractivity contribution in [2.24, 2.45) is 11.8 Å². The first kappa shape index (κ1) is 51.0. The van der Waals surface area contributed by atoms with Crippen molar-refractivity contribution in [3.63, 3.8) is 0 Å². The molecular weight excluding hydrogens is 885 g/mol. The summed E-state index contributed by atoms with van der Waals surface area (Å²) in [6.07, 6.45) is 0.372. The molecule has 2 atom stereocenters. The van der Waals surface area contributed by atoms with Crippen LogP contribution in [-0.4, -0.2) is 88.8 Å². The molecule has 15 nitrogen and oxygen atoms in total. The molecule has 0 aromatic heterocycles. The van der Waals surface area contributed by atoms with E-state index >= 15 is 0 Å². The largest absolute Gasteiger partial charge is 0.510 e. The highest BCUT2D eigenvalue weighted by Crippen LogP contribution is 2.46. The molecule has 8 rings (SSSR count). The number of ether oxygens (including phenoxy) is 5. The van der Waals surface area contributed by atoms with Crippen molar-refractivity contribution in [1.29, 1.82) is 0 Å². The summed E-state index contributed by atoms with van der Waals surface area (Å²) in [7, 11) is 0. The molecule has 1 fully saturated rings. The molecule has 3 N–H and O–H groups in total. The molecule has 15 heteroatoms. The van der Waals surface area contributed by atoms with Crippen molar-refractivity contribution in [2.75, 3.05) is 19.8 Å². The first-order chi connectivity index (χ1) is 32.8. The number of carbonyl (C=O) groups is 6. The number of fused-ring (bicyclic) bond motifs is 6. The number of hydrogen-bond donors (Lipinski definition) is 3. The Kier molecular flexibility index (Phi) is 16.3. The maximum absolute atomic E-state index is 12.8. The number of hydrogen-bond acceptors (Lipinski definition) is 13. The molecule has 2 aliphatic carbocycles. The molecule has 0 saturated carbocycles. The van der Waals surface area contributed by atoms with Crippen LogP contribution >= 0.6 is 0 Å². The van der Waals surface area contributed by atoms with Crippen LogP contribution in [0.25, 0.3) is 22.3 Å². The van der Waals surface area contributed by atoms with E-state index in [1.165, 1.54) is 20.8 Å². The smallest absolute Gasteiger partial charge is 0.417 e. The molecule has 0 spiro atoms. The second kappa shape index (κ2) is 22.1. The van der Waals surface area contributed by atoms with Crippen LogP contribution in [0.3, 0.4) is 0 Å². The summed E-state index contributed by atoms with van der Waals surface area (Å²) in [5.74, 6) is -4.85. The number of amides is 3. The van der Waals surface area contributed by atoms with Gasteiger partial charge in [0, 0.05) is 38.7 Å². The lowest BCUT2D eigenvalue weighted by Gasteiger charge is -2.31. The van der Waals surface area contributed by atoms with Gasteiger partial charge in [-0.25, -0.2) is 24.1 Å². The van der Waals surface area contributed by atoms with Gasteiger partial charge < -0.3 is 39.2 Å². The molecule has 0 bridgehead atoms. The van der Waals surface area contributed by atoms with E-state index in [0.29, 0.717) is 13.0 Å². The highest BCUT2D eigenvalue weighted by molar-refractivity contribution is 6.16. The fourth-order valence-electron chi connectivity index (χ4n) is 8.86. The normalized spacial score (nSPS) is 16.8. The molecule has 3 amide bonds. The lowest BCUT2D eigenvalue weighted by molar-refractivity contribution is -0.222. The van der Waals surface area contributed by atoms with Crippen molar-refractivity contribution in [3.05, 3.63) is 142 Å². The summed E-state index contributed by atoms with van der Waals surface area (Å²) >= 11 is 0. The Morgan fingerprint density at radius 2 is 1.13 bits per heavy atom. The van der Waals surface area contributed by atoms with Crippen molar-refractivity contribution < 1.29 is 62.7 Å². The third-order valence-electron chi connectivity index (χ3n) is 11.8. The lowest BCUT2D eigenvalue weighted by Crippen LogP contribution is -2.45. The Morgan fingerprint density at radius 3 is 1.52 bits per heavy atom. The topological polar surface area (TPSA) is 204 Å².